The van der Waals surface area contributed by atoms with Gasteiger partial charge in [-0.2, -0.15) is 0 Å². The van der Waals surface area contributed by atoms with Gasteiger partial charge in [-0.25, -0.2) is 9.59 Å². The first kappa shape index (κ1) is 17.9. The maximum absolute atomic E-state index is 12.2. The molecule has 4 rings (SSSR count). The van der Waals surface area contributed by atoms with Gasteiger partial charge in [-0.3, -0.25) is 0 Å². The number of pyridine rings is 2. The molecular weight excluding hydrogens is 356 g/mol. The Morgan fingerprint density at radius 3 is 1.61 bits per heavy atom. The number of ether oxygens (including phenoxy) is 2. The highest BCUT2D eigenvalue weighted by Crippen LogP contribution is 2.32. The van der Waals surface area contributed by atoms with E-state index in [-0.39, 0.29) is 17.9 Å². The van der Waals surface area contributed by atoms with Gasteiger partial charge in [0.15, 0.2) is 0 Å². The number of hydrogen-bond acceptors (Lipinski definition) is 4. The third kappa shape index (κ3) is 2.65. The highest BCUT2D eigenvalue weighted by Gasteiger charge is 2.24. The normalized spacial score (nSPS) is 11.3. The van der Waals surface area contributed by atoms with E-state index in [1.165, 1.54) is 14.2 Å². The molecule has 0 radical (unpaired) electrons. The van der Waals surface area contributed by atoms with Crippen molar-refractivity contribution in [1.29, 1.82) is 0 Å². The lowest BCUT2D eigenvalue weighted by Crippen LogP contribution is -2.03. The van der Waals surface area contributed by atoms with Gasteiger partial charge in [-0.1, -0.05) is 19.1 Å². The van der Waals surface area contributed by atoms with Crippen LogP contribution in [0.3, 0.4) is 0 Å². The highest BCUT2D eigenvalue weighted by atomic mass is 16.5. The number of esters is 2. The molecule has 0 saturated carbocycles. The van der Waals surface area contributed by atoms with Crippen molar-refractivity contribution in [3.8, 4) is 0 Å². The number of methoxy groups -OCH3 is 2. The predicted octanol–water partition coefficient (Wildman–Crippen LogP) is 3.92. The molecule has 142 valence electrons. The van der Waals surface area contributed by atoms with Gasteiger partial charge in [0.1, 0.15) is 0 Å². The first-order valence-electron chi connectivity index (χ1n) is 8.93. The van der Waals surface area contributed by atoms with Crippen LogP contribution in [0, 0.1) is 0 Å². The highest BCUT2D eigenvalue weighted by molar-refractivity contribution is 5.98. The van der Waals surface area contributed by atoms with Crippen LogP contribution in [0.1, 0.15) is 44.9 Å². The second-order valence-electron chi connectivity index (χ2n) is 6.58. The number of nitrogens with zero attached hydrogens (tertiary/aromatic N) is 2. The van der Waals surface area contributed by atoms with E-state index in [0.29, 0.717) is 11.1 Å². The van der Waals surface area contributed by atoms with E-state index in [2.05, 4.69) is 0 Å². The van der Waals surface area contributed by atoms with Crippen molar-refractivity contribution in [2.24, 2.45) is 0 Å². The summed E-state index contributed by atoms with van der Waals surface area (Å²) in [4.78, 5) is 24.5. The molecule has 0 bridgehead atoms. The monoisotopic (exact) mass is 376 g/mol. The topological polar surface area (TPSA) is 61.4 Å². The molecule has 4 heterocycles. The maximum Gasteiger partial charge on any atom is 0.340 e. The number of aromatic nitrogens is 2. The Bertz CT molecular complexity index is 1110. The van der Waals surface area contributed by atoms with Crippen molar-refractivity contribution in [2.75, 3.05) is 14.2 Å². The summed E-state index contributed by atoms with van der Waals surface area (Å²) < 4.78 is 13.9. The quantitative estimate of drug-likeness (QED) is 0.507. The van der Waals surface area contributed by atoms with Crippen molar-refractivity contribution < 1.29 is 19.1 Å². The third-order valence-corrected chi connectivity index (χ3v) is 5.11. The SMILES string of the molecule is COC(=O)c1cc(C(C)c2cc(C(=O)OC)c3ccccn23)n2ccccc12. The minimum Gasteiger partial charge on any atom is -0.465 e. The van der Waals surface area contributed by atoms with Gasteiger partial charge in [0.25, 0.3) is 0 Å². The van der Waals surface area contributed by atoms with E-state index in [1.54, 1.807) is 0 Å². The summed E-state index contributed by atoms with van der Waals surface area (Å²) in [7, 11) is 2.75. The molecule has 0 unspecified atom stereocenters. The lowest BCUT2D eigenvalue weighted by molar-refractivity contribution is 0.0594. The molecule has 0 spiro atoms. The zero-order chi connectivity index (χ0) is 19.8. The molecule has 0 aliphatic rings. The molecule has 4 aromatic rings. The van der Waals surface area contributed by atoms with Gasteiger partial charge < -0.3 is 18.3 Å². The molecule has 6 heteroatoms. The fourth-order valence-corrected chi connectivity index (χ4v) is 3.72. The van der Waals surface area contributed by atoms with E-state index >= 15 is 0 Å². The number of carbonyl (C=O) groups is 2. The Morgan fingerprint density at radius 1 is 0.786 bits per heavy atom. The molecule has 0 amide bonds. The minimum atomic E-state index is -0.377. The summed E-state index contributed by atoms with van der Waals surface area (Å²) in [5.74, 6) is -0.851. The lowest BCUT2D eigenvalue weighted by Gasteiger charge is -2.13. The summed E-state index contributed by atoms with van der Waals surface area (Å²) in [5, 5.41) is 0. The van der Waals surface area contributed by atoms with Gasteiger partial charge in [-0.15, -0.1) is 0 Å². The van der Waals surface area contributed by atoms with E-state index in [1.807, 2.05) is 76.6 Å². The molecule has 0 N–H and O–H groups in total. The van der Waals surface area contributed by atoms with Crippen LogP contribution in [0.25, 0.3) is 11.0 Å². The zero-order valence-corrected chi connectivity index (χ0v) is 15.9. The molecule has 0 aliphatic heterocycles. The molecular formula is C22H20N2O4. The summed E-state index contributed by atoms with van der Waals surface area (Å²) in [6, 6.07) is 15.1. The van der Waals surface area contributed by atoms with Crippen LogP contribution in [0.15, 0.2) is 60.9 Å². The Labute approximate surface area is 161 Å². The first-order valence-corrected chi connectivity index (χ1v) is 8.93. The second kappa shape index (κ2) is 6.88. The van der Waals surface area contributed by atoms with Crippen LogP contribution in [-0.4, -0.2) is 35.0 Å². The summed E-state index contributed by atoms with van der Waals surface area (Å²) in [5.41, 5.74) is 4.44. The molecule has 0 fully saturated rings. The summed E-state index contributed by atoms with van der Waals surface area (Å²) in [6.07, 6.45) is 3.84. The Hall–Kier alpha value is -3.54. The van der Waals surface area contributed by atoms with Gasteiger partial charge >= 0.3 is 11.9 Å². The van der Waals surface area contributed by atoms with E-state index in [4.69, 9.17) is 9.47 Å². The van der Waals surface area contributed by atoms with Gasteiger partial charge in [-0.05, 0) is 36.4 Å². The Morgan fingerprint density at radius 2 is 1.21 bits per heavy atom. The smallest absolute Gasteiger partial charge is 0.340 e. The largest absolute Gasteiger partial charge is 0.465 e. The molecule has 28 heavy (non-hydrogen) atoms. The number of rotatable bonds is 4. The maximum atomic E-state index is 12.2. The molecule has 0 saturated heterocycles. The summed E-state index contributed by atoms with van der Waals surface area (Å²) >= 11 is 0. The number of fused-ring (bicyclic) bond motifs is 2. The van der Waals surface area contributed by atoms with E-state index in [9.17, 15) is 9.59 Å². The van der Waals surface area contributed by atoms with Crippen molar-refractivity contribution >= 4 is 23.0 Å². The molecule has 0 aromatic carbocycles. The van der Waals surface area contributed by atoms with Crippen LogP contribution in [0.4, 0.5) is 0 Å². The van der Waals surface area contributed by atoms with Gasteiger partial charge in [0.2, 0.25) is 0 Å². The van der Waals surface area contributed by atoms with Crippen LogP contribution in [0.2, 0.25) is 0 Å². The lowest BCUT2D eigenvalue weighted by atomic mass is 10.0. The third-order valence-electron chi connectivity index (χ3n) is 5.11. The second-order valence-corrected chi connectivity index (χ2v) is 6.58. The number of carbonyl (C=O) groups excluding carboxylic acids is 2. The van der Waals surface area contributed by atoms with Crippen molar-refractivity contribution in [2.45, 2.75) is 12.8 Å². The molecule has 4 aromatic heterocycles. The minimum absolute atomic E-state index is 0.0957. The average molecular weight is 376 g/mol. The van der Waals surface area contributed by atoms with Crippen molar-refractivity contribution in [3.63, 3.8) is 0 Å². The number of hydrogen-bond donors (Lipinski definition) is 0. The average Bonchev–Trinajstić information content (AvgIpc) is 3.31. The predicted molar refractivity (Wildman–Crippen MR) is 105 cm³/mol. The van der Waals surface area contributed by atoms with Crippen molar-refractivity contribution in [3.05, 3.63) is 83.4 Å². The van der Waals surface area contributed by atoms with E-state index in [0.717, 1.165) is 22.4 Å². The molecule has 0 aliphatic carbocycles. The first-order chi connectivity index (χ1) is 13.6. The zero-order valence-electron chi connectivity index (χ0n) is 15.9. The molecule has 6 nitrogen and oxygen atoms in total. The van der Waals surface area contributed by atoms with Crippen LogP contribution < -0.4 is 0 Å². The van der Waals surface area contributed by atoms with Crippen LogP contribution in [-0.2, 0) is 9.47 Å². The Balaban J connectivity index is 1.93. The fourth-order valence-electron chi connectivity index (χ4n) is 3.72. The van der Waals surface area contributed by atoms with Gasteiger partial charge in [0.05, 0.1) is 36.4 Å². The van der Waals surface area contributed by atoms with E-state index < -0.39 is 0 Å². The van der Waals surface area contributed by atoms with Crippen molar-refractivity contribution in [1.82, 2.24) is 8.80 Å². The summed E-state index contributed by atoms with van der Waals surface area (Å²) in [6.45, 7) is 2.05. The van der Waals surface area contributed by atoms with Gasteiger partial charge in [0, 0.05) is 29.7 Å². The van der Waals surface area contributed by atoms with Crippen LogP contribution >= 0.6 is 0 Å². The molecule has 0 atom stereocenters. The standard InChI is InChI=1S/C22H20N2O4/c1-14(19-12-15(21(25)27-2)17-8-4-6-10-23(17)19)20-13-16(22(26)28-3)18-9-5-7-11-24(18)20/h4-14H,1-3H3. The van der Waals surface area contributed by atoms with Crippen LogP contribution in [0.5, 0.6) is 0 Å². The Kier molecular flexibility index (Phi) is 4.39. The fraction of sp³-hybridized carbons (Fsp3) is 0.182.